The molecule has 1 unspecified atom stereocenters. The molecule has 2 aromatic rings. The number of benzene rings is 1. The van der Waals surface area contributed by atoms with Crippen LogP contribution >= 0.6 is 0 Å². The van der Waals surface area contributed by atoms with Crippen molar-refractivity contribution in [2.75, 3.05) is 0 Å². The second-order valence-corrected chi connectivity index (χ2v) is 3.31. The Morgan fingerprint density at radius 2 is 2.21 bits per heavy atom. The van der Waals surface area contributed by atoms with E-state index in [-0.39, 0.29) is 6.61 Å². The third-order valence-electron chi connectivity index (χ3n) is 2.23. The number of hydrogen-bond donors (Lipinski definition) is 2. The zero-order valence-corrected chi connectivity index (χ0v) is 7.90. The van der Waals surface area contributed by atoms with Crippen molar-refractivity contribution in [3.63, 3.8) is 0 Å². The second kappa shape index (κ2) is 3.44. The maximum Gasteiger partial charge on any atom is 0.140 e. The minimum absolute atomic E-state index is 0.117. The van der Waals surface area contributed by atoms with Gasteiger partial charge >= 0.3 is 0 Å². The molecule has 3 heteroatoms. The van der Waals surface area contributed by atoms with Gasteiger partial charge in [0, 0.05) is 10.9 Å². The first-order valence-corrected chi connectivity index (χ1v) is 4.52. The van der Waals surface area contributed by atoms with Gasteiger partial charge in [-0.3, -0.25) is 0 Å². The summed E-state index contributed by atoms with van der Waals surface area (Å²) in [5.74, 6) is 0.521. The number of para-hydroxylation sites is 1. The maximum atomic E-state index is 9.48. The van der Waals surface area contributed by atoms with Crippen LogP contribution in [0.15, 0.2) is 28.7 Å². The number of aliphatic hydroxyl groups excluding tert-OH is 2. The molecule has 1 aromatic heterocycles. The molecule has 2 N–H and O–H groups in total. The summed E-state index contributed by atoms with van der Waals surface area (Å²) < 4.78 is 5.40. The molecule has 0 spiro atoms. The molecule has 1 atom stereocenters. The maximum absolute atomic E-state index is 9.48. The van der Waals surface area contributed by atoms with Gasteiger partial charge < -0.3 is 14.6 Å². The van der Waals surface area contributed by atoms with Crippen molar-refractivity contribution in [3.8, 4) is 0 Å². The highest BCUT2D eigenvalue weighted by Gasteiger charge is 2.10. The highest BCUT2D eigenvalue weighted by molar-refractivity contribution is 5.81. The summed E-state index contributed by atoms with van der Waals surface area (Å²) in [6.07, 6.45) is -0.559. The molecule has 14 heavy (non-hydrogen) atoms. The van der Waals surface area contributed by atoms with E-state index in [9.17, 15) is 5.11 Å². The molecule has 2 rings (SSSR count). The van der Waals surface area contributed by atoms with Crippen LogP contribution in [0.4, 0.5) is 0 Å². The van der Waals surface area contributed by atoms with Crippen LogP contribution in [0.2, 0.25) is 0 Å². The lowest BCUT2D eigenvalue weighted by molar-refractivity contribution is 0.198. The fourth-order valence-corrected chi connectivity index (χ4v) is 1.55. The van der Waals surface area contributed by atoms with E-state index in [2.05, 4.69) is 0 Å². The third kappa shape index (κ3) is 1.41. The molecule has 1 aromatic carbocycles. The molecule has 0 aliphatic carbocycles. The third-order valence-corrected chi connectivity index (χ3v) is 2.23. The van der Waals surface area contributed by atoms with Gasteiger partial charge in [-0.2, -0.15) is 0 Å². The second-order valence-electron chi connectivity index (χ2n) is 3.31. The molecule has 0 saturated heterocycles. The number of furan rings is 1. The fourth-order valence-electron chi connectivity index (χ4n) is 1.55. The standard InChI is InChI=1S/C11H12O3/c1-7(13)10-4-2-3-8-5-9(6-12)14-11(8)10/h2-5,7,12-13H,6H2,1H3. The SMILES string of the molecule is CC(O)c1cccc2cc(CO)oc12. The molecule has 0 saturated carbocycles. The largest absolute Gasteiger partial charge is 0.458 e. The zero-order chi connectivity index (χ0) is 10.1. The first kappa shape index (κ1) is 9.24. The molecule has 0 aliphatic heterocycles. The summed E-state index contributed by atoms with van der Waals surface area (Å²) in [7, 11) is 0. The van der Waals surface area contributed by atoms with Gasteiger partial charge in [-0.15, -0.1) is 0 Å². The molecule has 0 amide bonds. The van der Waals surface area contributed by atoms with Crippen molar-refractivity contribution in [1.29, 1.82) is 0 Å². The molecule has 0 fully saturated rings. The monoisotopic (exact) mass is 192 g/mol. The number of fused-ring (bicyclic) bond motifs is 1. The first-order chi connectivity index (χ1) is 6.72. The van der Waals surface area contributed by atoms with E-state index >= 15 is 0 Å². The average molecular weight is 192 g/mol. The molecule has 1 heterocycles. The van der Waals surface area contributed by atoms with Gasteiger partial charge in [0.15, 0.2) is 0 Å². The van der Waals surface area contributed by atoms with Crippen LogP contribution in [0.5, 0.6) is 0 Å². The van der Waals surface area contributed by atoms with E-state index in [0.29, 0.717) is 11.3 Å². The Bertz CT molecular complexity index is 443. The van der Waals surface area contributed by atoms with Crippen molar-refractivity contribution in [2.45, 2.75) is 19.6 Å². The van der Waals surface area contributed by atoms with Crippen molar-refractivity contribution in [2.24, 2.45) is 0 Å². The Morgan fingerprint density at radius 3 is 2.86 bits per heavy atom. The topological polar surface area (TPSA) is 53.6 Å². The Kier molecular flexibility index (Phi) is 2.27. The predicted octanol–water partition coefficient (Wildman–Crippen LogP) is 1.98. The minimum atomic E-state index is -0.559. The lowest BCUT2D eigenvalue weighted by Crippen LogP contribution is -1.90. The van der Waals surface area contributed by atoms with Crippen molar-refractivity contribution in [3.05, 3.63) is 35.6 Å². The van der Waals surface area contributed by atoms with E-state index in [1.54, 1.807) is 13.0 Å². The quantitative estimate of drug-likeness (QED) is 0.764. The summed E-state index contributed by atoms with van der Waals surface area (Å²) >= 11 is 0. The number of hydrogen-bond acceptors (Lipinski definition) is 3. The van der Waals surface area contributed by atoms with Gasteiger partial charge in [0.25, 0.3) is 0 Å². The normalized spacial score (nSPS) is 13.4. The summed E-state index contributed by atoms with van der Waals surface area (Å²) in [5.41, 5.74) is 1.41. The average Bonchev–Trinajstić information content (AvgIpc) is 2.59. The van der Waals surface area contributed by atoms with Crippen LogP contribution in [0.1, 0.15) is 24.4 Å². The van der Waals surface area contributed by atoms with Crippen LogP contribution in [-0.2, 0) is 6.61 Å². The van der Waals surface area contributed by atoms with Crippen LogP contribution in [-0.4, -0.2) is 10.2 Å². The van der Waals surface area contributed by atoms with Crippen molar-refractivity contribution in [1.82, 2.24) is 0 Å². The molecule has 0 radical (unpaired) electrons. The lowest BCUT2D eigenvalue weighted by atomic mass is 10.1. The van der Waals surface area contributed by atoms with Gasteiger partial charge in [-0.25, -0.2) is 0 Å². The molecule has 3 nitrogen and oxygen atoms in total. The molecule has 74 valence electrons. The molecular formula is C11H12O3. The Morgan fingerprint density at radius 1 is 1.43 bits per heavy atom. The van der Waals surface area contributed by atoms with E-state index in [1.807, 2.05) is 18.2 Å². The highest BCUT2D eigenvalue weighted by Crippen LogP contribution is 2.27. The van der Waals surface area contributed by atoms with Gasteiger partial charge in [0.1, 0.15) is 18.0 Å². The minimum Gasteiger partial charge on any atom is -0.458 e. The van der Waals surface area contributed by atoms with Gasteiger partial charge in [0.05, 0.1) is 6.10 Å². The molecule has 0 aliphatic rings. The Balaban J connectivity index is 2.66. The van der Waals surface area contributed by atoms with Gasteiger partial charge in [-0.1, -0.05) is 18.2 Å². The van der Waals surface area contributed by atoms with Crippen LogP contribution in [0.3, 0.4) is 0 Å². The molecule has 0 bridgehead atoms. The van der Waals surface area contributed by atoms with E-state index < -0.39 is 6.10 Å². The van der Waals surface area contributed by atoms with E-state index in [0.717, 1.165) is 10.9 Å². The molecular weight excluding hydrogens is 180 g/mol. The highest BCUT2D eigenvalue weighted by atomic mass is 16.4. The van der Waals surface area contributed by atoms with Crippen LogP contribution in [0.25, 0.3) is 11.0 Å². The number of aliphatic hydroxyl groups is 2. The smallest absolute Gasteiger partial charge is 0.140 e. The van der Waals surface area contributed by atoms with E-state index in [4.69, 9.17) is 9.52 Å². The van der Waals surface area contributed by atoms with Crippen molar-refractivity contribution >= 4 is 11.0 Å². The summed E-state index contributed by atoms with van der Waals surface area (Å²) in [5, 5.41) is 19.3. The Hall–Kier alpha value is -1.32. The van der Waals surface area contributed by atoms with Crippen LogP contribution < -0.4 is 0 Å². The number of rotatable bonds is 2. The predicted molar refractivity (Wildman–Crippen MR) is 52.8 cm³/mol. The van der Waals surface area contributed by atoms with Gasteiger partial charge in [-0.05, 0) is 13.0 Å². The zero-order valence-electron chi connectivity index (χ0n) is 7.90. The summed E-state index contributed by atoms with van der Waals surface area (Å²) in [6, 6.07) is 7.35. The van der Waals surface area contributed by atoms with E-state index in [1.165, 1.54) is 0 Å². The Labute approximate surface area is 81.6 Å². The van der Waals surface area contributed by atoms with Gasteiger partial charge in [0.2, 0.25) is 0 Å². The summed E-state index contributed by atoms with van der Waals surface area (Å²) in [6.45, 7) is 1.57. The first-order valence-electron chi connectivity index (χ1n) is 4.52. The lowest BCUT2D eigenvalue weighted by Gasteiger charge is -2.03. The van der Waals surface area contributed by atoms with Crippen LogP contribution in [0, 0.1) is 0 Å². The van der Waals surface area contributed by atoms with Crippen molar-refractivity contribution < 1.29 is 14.6 Å². The summed E-state index contributed by atoms with van der Waals surface area (Å²) in [4.78, 5) is 0. The fraction of sp³-hybridized carbons (Fsp3) is 0.273.